The molecule has 0 aromatic heterocycles. The summed E-state index contributed by atoms with van der Waals surface area (Å²) < 4.78 is 26.9. The van der Waals surface area contributed by atoms with Crippen LogP contribution in [0.25, 0.3) is 0 Å². The summed E-state index contributed by atoms with van der Waals surface area (Å²) in [5.41, 5.74) is 2.68. The Morgan fingerprint density at radius 2 is 1.97 bits per heavy atom. The lowest BCUT2D eigenvalue weighted by Crippen LogP contribution is -2.41. The molecule has 2 heterocycles. The molecule has 2 amide bonds. The molecule has 0 aliphatic carbocycles. The van der Waals surface area contributed by atoms with Crippen molar-refractivity contribution in [3.8, 4) is 5.75 Å². The molecule has 1 N–H and O–H groups in total. The van der Waals surface area contributed by atoms with Crippen molar-refractivity contribution in [2.75, 3.05) is 51.8 Å². The van der Waals surface area contributed by atoms with Crippen LogP contribution >= 0.6 is 0 Å². The predicted molar refractivity (Wildman–Crippen MR) is 144 cm³/mol. The van der Waals surface area contributed by atoms with Gasteiger partial charge in [-0.05, 0) is 37.0 Å². The zero-order valence-corrected chi connectivity index (χ0v) is 22.9. The lowest BCUT2D eigenvalue weighted by molar-refractivity contribution is -0.134. The number of carbonyl (C=O) groups is 2. The number of fused-ring (bicyclic) bond motifs is 1. The second kappa shape index (κ2) is 12.7. The minimum absolute atomic E-state index is 0.156. The third kappa shape index (κ3) is 6.52. The molecular formula is C27H35N4O6S-. The van der Waals surface area contributed by atoms with Crippen LogP contribution in [0.4, 0.5) is 11.4 Å². The molecular weight excluding hydrogens is 508 g/mol. The first kappa shape index (κ1) is 28.0. The lowest BCUT2D eigenvalue weighted by atomic mass is 9.99. The molecule has 1 unspecified atom stereocenters. The molecule has 10 nitrogen and oxygen atoms in total. The fourth-order valence-electron chi connectivity index (χ4n) is 5.08. The molecule has 2 aliphatic rings. The first-order valence-electron chi connectivity index (χ1n) is 12.7. The van der Waals surface area contributed by atoms with Gasteiger partial charge in [0.1, 0.15) is 5.75 Å². The van der Waals surface area contributed by atoms with Gasteiger partial charge in [-0.15, -0.1) is 0 Å². The minimum atomic E-state index is -1.89. The number of rotatable bonds is 9. The molecule has 2 atom stereocenters. The van der Waals surface area contributed by atoms with E-state index in [0.717, 1.165) is 30.5 Å². The normalized spacial score (nSPS) is 19.2. The van der Waals surface area contributed by atoms with E-state index in [1.807, 2.05) is 30.3 Å². The highest BCUT2D eigenvalue weighted by molar-refractivity contribution is 7.69. The summed E-state index contributed by atoms with van der Waals surface area (Å²) in [6.07, 6.45) is 1.74. The van der Waals surface area contributed by atoms with E-state index in [-0.39, 0.29) is 30.6 Å². The van der Waals surface area contributed by atoms with Gasteiger partial charge in [-0.25, -0.2) is 0 Å². The zero-order valence-electron chi connectivity index (χ0n) is 22.0. The Hall–Kier alpha value is -2.99. The number of carbonyl (C=O) groups excluding carboxylic acids is 2. The Kier molecular flexibility index (Phi) is 9.37. The SMILES string of the molecule is CO[S-](=O)=Nc1ccc(OCC(=O)N(C)C(CN2CC[C@H](O)C2)c2ccccc2)c2c1N(C(C)=O)CCC2. The van der Waals surface area contributed by atoms with Crippen LogP contribution in [-0.4, -0.2) is 79.8 Å². The van der Waals surface area contributed by atoms with E-state index >= 15 is 0 Å². The monoisotopic (exact) mass is 543 g/mol. The lowest BCUT2D eigenvalue weighted by Gasteiger charge is -2.33. The molecule has 2 aromatic carbocycles. The van der Waals surface area contributed by atoms with Gasteiger partial charge >= 0.3 is 0 Å². The maximum Gasteiger partial charge on any atom is 0.260 e. The highest BCUT2D eigenvalue weighted by atomic mass is 32.2. The standard InChI is InChI=1S/C27H35N4O6S/c1-19(32)31-14-7-10-22-25(12-11-23(27(22)31)28-38(35)36-3)37-18-26(34)29(2)24(20-8-5-4-6-9-20)17-30-15-13-21(33)16-30/h4-6,8-9,11-12,21,24,33H,7,10,13-18H2,1-3H3/q-1/t21-,24?/m0/s1. The van der Waals surface area contributed by atoms with E-state index in [1.54, 1.807) is 29.0 Å². The number of hydrogen-bond donors (Lipinski definition) is 1. The van der Waals surface area contributed by atoms with Crippen molar-refractivity contribution >= 4 is 34.1 Å². The summed E-state index contributed by atoms with van der Waals surface area (Å²) in [5, 5.41) is 9.98. The summed E-state index contributed by atoms with van der Waals surface area (Å²) >= 11 is 0. The van der Waals surface area contributed by atoms with Gasteiger partial charge in [-0.3, -0.25) is 14.5 Å². The minimum Gasteiger partial charge on any atom is -0.483 e. The van der Waals surface area contributed by atoms with Gasteiger partial charge in [-0.2, -0.15) is 0 Å². The Balaban J connectivity index is 1.55. The number of likely N-dealkylation sites (tertiary alicyclic amines) is 1. The molecule has 2 aliphatic heterocycles. The number of likely N-dealkylation sites (N-methyl/N-ethyl adjacent to an activating group) is 1. The van der Waals surface area contributed by atoms with Crippen LogP contribution in [0.2, 0.25) is 0 Å². The fraction of sp³-hybridized carbons (Fsp3) is 0.481. The number of β-amino-alcohol motifs (C(OH)–C–C–N with tert-alkyl or cyclic N) is 1. The number of amides is 2. The predicted octanol–water partition coefficient (Wildman–Crippen LogP) is 2.97. The largest absolute Gasteiger partial charge is 0.483 e. The van der Waals surface area contributed by atoms with Crippen molar-refractivity contribution in [2.45, 2.75) is 38.3 Å². The summed E-state index contributed by atoms with van der Waals surface area (Å²) in [6, 6.07) is 13.0. The van der Waals surface area contributed by atoms with E-state index in [9.17, 15) is 18.9 Å². The number of aliphatic hydroxyl groups is 1. The number of aliphatic hydroxyl groups excluding tert-OH is 1. The third-order valence-corrected chi connectivity index (χ3v) is 7.70. The molecule has 1 fully saturated rings. The Bertz CT molecular complexity index is 1230. The molecule has 1 saturated heterocycles. The number of benzene rings is 2. The molecule has 4 rings (SSSR count). The molecule has 0 spiro atoms. The Morgan fingerprint density at radius 3 is 2.63 bits per heavy atom. The van der Waals surface area contributed by atoms with Crippen LogP contribution in [0.3, 0.4) is 0 Å². The number of hydrogen-bond acceptors (Lipinski definition) is 9. The van der Waals surface area contributed by atoms with Gasteiger partial charge in [-0.1, -0.05) is 41.2 Å². The molecule has 0 bridgehead atoms. The number of nitrogens with zero attached hydrogens (tertiary/aromatic N) is 4. The fourth-order valence-corrected chi connectivity index (χ4v) is 5.46. The zero-order chi connectivity index (χ0) is 27.2. The first-order chi connectivity index (χ1) is 18.3. The van der Waals surface area contributed by atoms with Gasteiger partial charge in [0.2, 0.25) is 5.91 Å². The van der Waals surface area contributed by atoms with Crippen LogP contribution in [0.1, 0.15) is 36.9 Å². The van der Waals surface area contributed by atoms with E-state index < -0.39 is 10.9 Å². The van der Waals surface area contributed by atoms with Gasteiger partial charge < -0.3 is 32.4 Å². The number of ether oxygens (including phenoxy) is 1. The molecule has 0 radical (unpaired) electrons. The summed E-state index contributed by atoms with van der Waals surface area (Å²) in [6.45, 7) is 3.79. The highest BCUT2D eigenvalue weighted by Gasteiger charge is 2.29. The Labute approximate surface area is 225 Å². The maximum absolute atomic E-state index is 13.4. The molecule has 11 heteroatoms. The average molecular weight is 544 g/mol. The van der Waals surface area contributed by atoms with Crippen LogP contribution in [0.15, 0.2) is 46.8 Å². The first-order valence-corrected chi connectivity index (χ1v) is 13.8. The van der Waals surface area contributed by atoms with Crippen LogP contribution in [0.5, 0.6) is 5.75 Å². The van der Waals surface area contributed by atoms with Gasteiger partial charge in [0.25, 0.3) is 5.91 Å². The van der Waals surface area contributed by atoms with E-state index in [4.69, 9.17) is 8.92 Å². The van der Waals surface area contributed by atoms with Gasteiger partial charge in [0.15, 0.2) is 6.61 Å². The maximum atomic E-state index is 13.4. The van der Waals surface area contributed by atoms with Crippen LogP contribution < -0.4 is 9.64 Å². The second-order valence-electron chi connectivity index (χ2n) is 9.58. The molecule has 206 valence electrons. The van der Waals surface area contributed by atoms with Crippen LogP contribution in [-0.2, 0) is 35.3 Å². The van der Waals surface area contributed by atoms with E-state index in [0.29, 0.717) is 43.2 Å². The van der Waals surface area contributed by atoms with Crippen molar-refractivity contribution in [1.29, 1.82) is 0 Å². The van der Waals surface area contributed by atoms with Gasteiger partial charge in [0.05, 0.1) is 23.5 Å². The topological polar surface area (TPSA) is 112 Å². The van der Waals surface area contributed by atoms with E-state index in [1.165, 1.54) is 14.0 Å². The summed E-state index contributed by atoms with van der Waals surface area (Å²) in [5.74, 6) is 0.144. The second-order valence-corrected chi connectivity index (χ2v) is 10.5. The van der Waals surface area contributed by atoms with E-state index in [2.05, 4.69) is 9.26 Å². The highest BCUT2D eigenvalue weighted by Crippen LogP contribution is 2.42. The van der Waals surface area contributed by atoms with Crippen LogP contribution in [0, 0.1) is 0 Å². The van der Waals surface area contributed by atoms with Gasteiger partial charge in [0, 0.05) is 52.8 Å². The molecule has 2 aromatic rings. The summed E-state index contributed by atoms with van der Waals surface area (Å²) in [7, 11) is 1.17. The van der Waals surface area contributed by atoms with Crippen molar-refractivity contribution in [2.24, 2.45) is 4.36 Å². The molecule has 38 heavy (non-hydrogen) atoms. The average Bonchev–Trinajstić information content (AvgIpc) is 3.35. The smallest absolute Gasteiger partial charge is 0.260 e. The number of anilines is 1. The third-order valence-electron chi connectivity index (χ3n) is 7.07. The quantitative estimate of drug-likeness (QED) is 0.484. The molecule has 0 saturated carbocycles. The van der Waals surface area contributed by atoms with Crippen molar-refractivity contribution in [1.82, 2.24) is 9.80 Å². The summed E-state index contributed by atoms with van der Waals surface area (Å²) in [4.78, 5) is 31.2. The Morgan fingerprint density at radius 1 is 1.21 bits per heavy atom. The van der Waals surface area contributed by atoms with Crippen molar-refractivity contribution in [3.63, 3.8) is 0 Å². The van der Waals surface area contributed by atoms with Crippen molar-refractivity contribution in [3.05, 3.63) is 53.6 Å². The van der Waals surface area contributed by atoms with Crippen molar-refractivity contribution < 1.29 is 27.8 Å².